The summed E-state index contributed by atoms with van der Waals surface area (Å²) in [6.07, 6.45) is -2.16. The number of carbonyl (C=O) groups excluding carboxylic acids is 2. The SMILES string of the molecule is Cc1cc(/C=C(\C#N)C(=O)OCC(=O)Nc2ccon2)c(C)n1-c1ccc(Cl)c(C(F)(F)F)c1. The number of carbonyl (C=O) groups is 2. The Bertz CT molecular complexity index is 1300. The van der Waals surface area contributed by atoms with Crippen molar-refractivity contribution in [2.24, 2.45) is 0 Å². The number of nitrogens with zero attached hydrogens (tertiary/aromatic N) is 3. The van der Waals surface area contributed by atoms with Gasteiger partial charge in [-0.25, -0.2) is 4.79 Å². The third-order valence-corrected chi connectivity index (χ3v) is 4.99. The smallest absolute Gasteiger partial charge is 0.417 e. The zero-order chi connectivity index (χ0) is 25.0. The van der Waals surface area contributed by atoms with Crippen LogP contribution in [0.4, 0.5) is 19.0 Å². The van der Waals surface area contributed by atoms with E-state index in [1.54, 1.807) is 26.0 Å². The number of ether oxygens (including phenoxy) is 1. The van der Waals surface area contributed by atoms with Crippen molar-refractivity contribution in [1.82, 2.24) is 9.72 Å². The lowest BCUT2D eigenvalue weighted by molar-refractivity contribution is -0.142. The molecule has 2 aromatic heterocycles. The summed E-state index contributed by atoms with van der Waals surface area (Å²) in [5, 5.41) is 14.8. The molecule has 0 aliphatic heterocycles. The standard InChI is InChI=1S/C22H16ClF3N4O4/c1-12-7-14(13(2)30(12)16-3-4-18(23)17(9-16)22(24,25)26)8-15(10-27)21(32)33-11-20(31)28-19-5-6-34-29-19/h3-9H,11H2,1-2H3,(H,28,29,31)/b15-8+. The molecule has 0 atom stereocenters. The molecule has 8 nitrogen and oxygen atoms in total. The van der Waals surface area contributed by atoms with Crippen LogP contribution in [-0.4, -0.2) is 28.2 Å². The molecule has 0 radical (unpaired) electrons. The highest BCUT2D eigenvalue weighted by atomic mass is 35.5. The molecule has 3 aromatic rings. The van der Waals surface area contributed by atoms with E-state index in [0.717, 1.165) is 12.1 Å². The summed E-state index contributed by atoms with van der Waals surface area (Å²) in [4.78, 5) is 24.1. The van der Waals surface area contributed by atoms with Gasteiger partial charge in [-0.1, -0.05) is 16.8 Å². The van der Waals surface area contributed by atoms with Gasteiger partial charge in [0.2, 0.25) is 0 Å². The van der Waals surface area contributed by atoms with Crippen LogP contribution in [0.1, 0.15) is 22.5 Å². The highest BCUT2D eigenvalue weighted by Crippen LogP contribution is 2.36. The average molecular weight is 493 g/mol. The van der Waals surface area contributed by atoms with Crippen LogP contribution < -0.4 is 5.32 Å². The minimum absolute atomic E-state index is 0.125. The fourth-order valence-electron chi connectivity index (χ4n) is 3.16. The maximum atomic E-state index is 13.3. The molecule has 0 aliphatic carbocycles. The number of esters is 1. The van der Waals surface area contributed by atoms with E-state index in [1.807, 2.05) is 0 Å². The summed E-state index contributed by atoms with van der Waals surface area (Å²) < 4.78 is 50.7. The topological polar surface area (TPSA) is 110 Å². The first kappa shape index (κ1) is 24.6. The van der Waals surface area contributed by atoms with Gasteiger partial charge in [-0.15, -0.1) is 0 Å². The van der Waals surface area contributed by atoms with Crippen molar-refractivity contribution < 1.29 is 32.0 Å². The molecule has 0 aliphatic rings. The van der Waals surface area contributed by atoms with Crippen molar-refractivity contribution in [3.8, 4) is 11.8 Å². The van der Waals surface area contributed by atoms with Crippen molar-refractivity contribution in [2.45, 2.75) is 20.0 Å². The molecule has 0 spiro atoms. The molecule has 176 valence electrons. The molecule has 1 aromatic carbocycles. The lowest BCUT2D eigenvalue weighted by atomic mass is 10.1. The van der Waals surface area contributed by atoms with Crippen LogP contribution in [-0.2, 0) is 20.5 Å². The van der Waals surface area contributed by atoms with Crippen LogP contribution >= 0.6 is 11.6 Å². The van der Waals surface area contributed by atoms with Crippen molar-refractivity contribution in [3.63, 3.8) is 0 Å². The predicted octanol–water partition coefficient (Wildman–Crippen LogP) is 4.84. The molecule has 0 unspecified atom stereocenters. The summed E-state index contributed by atoms with van der Waals surface area (Å²) in [6, 6.07) is 8.18. The molecule has 1 amide bonds. The summed E-state index contributed by atoms with van der Waals surface area (Å²) in [5.41, 5.74) is 0.246. The number of hydrogen-bond donors (Lipinski definition) is 1. The number of hydrogen-bond acceptors (Lipinski definition) is 6. The van der Waals surface area contributed by atoms with Gasteiger partial charge in [0, 0.05) is 23.1 Å². The van der Waals surface area contributed by atoms with Gasteiger partial charge in [0.15, 0.2) is 12.4 Å². The maximum absolute atomic E-state index is 13.3. The number of nitriles is 1. The lowest BCUT2D eigenvalue weighted by Gasteiger charge is -2.14. The first-order valence-electron chi connectivity index (χ1n) is 9.56. The fraction of sp³-hybridized carbons (Fsp3) is 0.182. The number of halogens is 4. The predicted molar refractivity (Wildman–Crippen MR) is 115 cm³/mol. The van der Waals surface area contributed by atoms with E-state index in [1.165, 1.54) is 29.0 Å². The van der Waals surface area contributed by atoms with Crippen molar-refractivity contribution in [2.75, 3.05) is 11.9 Å². The quantitative estimate of drug-likeness (QED) is 0.299. The summed E-state index contributed by atoms with van der Waals surface area (Å²) in [7, 11) is 0. The second-order valence-electron chi connectivity index (χ2n) is 7.00. The minimum Gasteiger partial charge on any atom is -0.451 e. The van der Waals surface area contributed by atoms with E-state index in [-0.39, 0.29) is 11.5 Å². The number of alkyl halides is 3. The van der Waals surface area contributed by atoms with Gasteiger partial charge in [0.05, 0.1) is 10.6 Å². The highest BCUT2D eigenvalue weighted by molar-refractivity contribution is 6.31. The van der Waals surface area contributed by atoms with Crippen LogP contribution in [0.2, 0.25) is 5.02 Å². The maximum Gasteiger partial charge on any atom is 0.417 e. The summed E-state index contributed by atoms with van der Waals surface area (Å²) in [5.74, 6) is -1.62. The monoisotopic (exact) mass is 492 g/mol. The number of aromatic nitrogens is 2. The Morgan fingerprint density at radius 2 is 2.03 bits per heavy atom. The van der Waals surface area contributed by atoms with E-state index in [2.05, 4.69) is 15.0 Å². The van der Waals surface area contributed by atoms with Gasteiger partial charge >= 0.3 is 12.1 Å². The number of nitrogens with one attached hydrogen (secondary N) is 1. The van der Waals surface area contributed by atoms with E-state index in [4.69, 9.17) is 16.3 Å². The Labute approximate surface area is 196 Å². The average Bonchev–Trinajstić information content (AvgIpc) is 3.37. The molecular weight excluding hydrogens is 477 g/mol. The Balaban J connectivity index is 1.83. The Kier molecular flexibility index (Phi) is 7.12. The second kappa shape index (κ2) is 9.84. The van der Waals surface area contributed by atoms with Crippen LogP contribution in [0.15, 0.2) is 46.7 Å². The first-order chi connectivity index (χ1) is 16.0. The van der Waals surface area contributed by atoms with Crippen molar-refractivity contribution in [3.05, 3.63) is 69.7 Å². The van der Waals surface area contributed by atoms with Crippen LogP contribution in [0.3, 0.4) is 0 Å². The second-order valence-corrected chi connectivity index (χ2v) is 7.41. The molecule has 0 fully saturated rings. The van der Waals surface area contributed by atoms with Gasteiger partial charge < -0.3 is 19.1 Å². The lowest BCUT2D eigenvalue weighted by Crippen LogP contribution is -2.21. The van der Waals surface area contributed by atoms with Crippen molar-refractivity contribution >= 4 is 35.4 Å². The molecule has 0 saturated carbocycles. The molecule has 2 heterocycles. The fourth-order valence-corrected chi connectivity index (χ4v) is 3.38. The largest absolute Gasteiger partial charge is 0.451 e. The van der Waals surface area contributed by atoms with E-state index >= 15 is 0 Å². The number of benzene rings is 1. The van der Waals surface area contributed by atoms with E-state index in [9.17, 15) is 28.0 Å². The van der Waals surface area contributed by atoms with Crippen LogP contribution in [0.25, 0.3) is 11.8 Å². The molecule has 12 heteroatoms. The zero-order valence-electron chi connectivity index (χ0n) is 17.7. The molecule has 1 N–H and O–H groups in total. The van der Waals surface area contributed by atoms with Crippen LogP contribution in [0.5, 0.6) is 0 Å². The Hall–Kier alpha value is -4.04. The molecule has 0 saturated heterocycles. The Morgan fingerprint density at radius 1 is 1.29 bits per heavy atom. The molecule has 0 bridgehead atoms. The van der Waals surface area contributed by atoms with Crippen LogP contribution in [0, 0.1) is 25.2 Å². The van der Waals surface area contributed by atoms with Gasteiger partial charge in [-0.2, -0.15) is 18.4 Å². The first-order valence-corrected chi connectivity index (χ1v) is 9.94. The zero-order valence-corrected chi connectivity index (χ0v) is 18.5. The van der Waals surface area contributed by atoms with Gasteiger partial charge in [0.25, 0.3) is 5.91 Å². The van der Waals surface area contributed by atoms with Gasteiger partial charge in [0.1, 0.15) is 17.9 Å². The number of aryl methyl sites for hydroxylation is 1. The molecular formula is C22H16ClF3N4O4. The van der Waals surface area contributed by atoms with Gasteiger partial charge in [-0.3, -0.25) is 4.79 Å². The molecule has 34 heavy (non-hydrogen) atoms. The molecule has 3 rings (SSSR count). The third kappa shape index (κ3) is 5.47. The summed E-state index contributed by atoms with van der Waals surface area (Å²) >= 11 is 5.70. The summed E-state index contributed by atoms with van der Waals surface area (Å²) in [6.45, 7) is 2.60. The van der Waals surface area contributed by atoms with E-state index in [0.29, 0.717) is 17.0 Å². The normalized spacial score (nSPS) is 11.7. The van der Waals surface area contributed by atoms with Gasteiger partial charge in [-0.05, 0) is 49.8 Å². The van der Waals surface area contributed by atoms with Crippen molar-refractivity contribution in [1.29, 1.82) is 5.26 Å². The number of anilines is 1. The number of amides is 1. The Morgan fingerprint density at radius 3 is 2.65 bits per heavy atom. The minimum atomic E-state index is -4.64. The number of rotatable bonds is 6. The van der Waals surface area contributed by atoms with E-state index < -0.39 is 40.8 Å². The highest BCUT2D eigenvalue weighted by Gasteiger charge is 2.33. The third-order valence-electron chi connectivity index (χ3n) is 4.66.